The molecule has 1 aromatic carbocycles. The van der Waals surface area contributed by atoms with Crippen molar-refractivity contribution >= 4 is 21.4 Å². The fourth-order valence-corrected chi connectivity index (χ4v) is 3.89. The normalized spacial score (nSPS) is 24.9. The predicted octanol–water partition coefficient (Wildman–Crippen LogP) is 3.48. The van der Waals surface area contributed by atoms with Gasteiger partial charge in [-0.3, -0.25) is 4.90 Å². The van der Waals surface area contributed by atoms with Crippen LogP contribution in [0.25, 0.3) is 10.1 Å². The smallest absolute Gasteiger partial charge is 0.0346 e. The highest BCUT2D eigenvalue weighted by molar-refractivity contribution is 7.17. The van der Waals surface area contributed by atoms with E-state index in [-0.39, 0.29) is 0 Å². The van der Waals surface area contributed by atoms with E-state index in [0.717, 1.165) is 26.2 Å². The summed E-state index contributed by atoms with van der Waals surface area (Å²) < 4.78 is 1.41. The van der Waals surface area contributed by atoms with E-state index in [1.165, 1.54) is 22.1 Å². The van der Waals surface area contributed by atoms with Crippen LogP contribution in [-0.2, 0) is 6.54 Å². The van der Waals surface area contributed by atoms with Crippen LogP contribution in [0, 0.1) is 0 Å². The van der Waals surface area contributed by atoms with Gasteiger partial charge >= 0.3 is 0 Å². The largest absolute Gasteiger partial charge is 0.314 e. The molecule has 3 heteroatoms. The summed E-state index contributed by atoms with van der Waals surface area (Å²) in [6, 6.07) is 8.76. The highest BCUT2D eigenvalue weighted by Crippen LogP contribution is 2.30. The first-order valence-corrected chi connectivity index (χ1v) is 8.02. The van der Waals surface area contributed by atoms with E-state index in [1.54, 1.807) is 0 Å². The summed E-state index contributed by atoms with van der Waals surface area (Å²) in [5.41, 5.74) is 1.78. The highest BCUT2D eigenvalue weighted by Gasteiger charge is 2.32. The zero-order valence-electron chi connectivity index (χ0n) is 11.8. The molecular weight excluding hydrogens is 252 g/mol. The molecule has 0 spiro atoms. The van der Waals surface area contributed by atoms with Crippen molar-refractivity contribution in [3.63, 3.8) is 0 Å². The maximum atomic E-state index is 3.53. The molecule has 1 saturated heterocycles. The fourth-order valence-electron chi connectivity index (χ4n) is 2.93. The molecule has 1 aliphatic heterocycles. The second kappa shape index (κ2) is 5.23. The molecule has 102 valence electrons. The first-order valence-electron chi connectivity index (χ1n) is 7.14. The average Bonchev–Trinajstić information content (AvgIpc) is 2.85. The summed E-state index contributed by atoms with van der Waals surface area (Å²) in [7, 11) is 0. The quantitative estimate of drug-likeness (QED) is 0.922. The van der Waals surface area contributed by atoms with Gasteiger partial charge in [0.05, 0.1) is 0 Å². The summed E-state index contributed by atoms with van der Waals surface area (Å²) in [5, 5.41) is 7.30. The predicted molar refractivity (Wildman–Crippen MR) is 83.8 cm³/mol. The number of thiophene rings is 1. The zero-order chi connectivity index (χ0) is 13.3. The van der Waals surface area contributed by atoms with Crippen LogP contribution in [0.4, 0.5) is 0 Å². The minimum Gasteiger partial charge on any atom is -0.314 e. The lowest BCUT2D eigenvalue weighted by Gasteiger charge is -2.45. The Labute approximate surface area is 119 Å². The molecule has 0 radical (unpaired) electrons. The molecule has 1 atom stereocenters. The molecule has 1 fully saturated rings. The molecule has 19 heavy (non-hydrogen) atoms. The summed E-state index contributed by atoms with van der Waals surface area (Å²) in [6.07, 6.45) is 1.20. The van der Waals surface area contributed by atoms with Gasteiger partial charge in [-0.15, -0.1) is 11.3 Å². The van der Waals surface area contributed by atoms with Crippen molar-refractivity contribution in [1.82, 2.24) is 10.2 Å². The van der Waals surface area contributed by atoms with E-state index in [9.17, 15) is 0 Å². The number of hydrogen-bond donors (Lipinski definition) is 1. The molecular formula is C16H22N2S. The minimum atomic E-state index is 0.293. The Morgan fingerprint density at radius 1 is 1.37 bits per heavy atom. The first kappa shape index (κ1) is 13.1. The monoisotopic (exact) mass is 274 g/mol. The maximum absolute atomic E-state index is 3.53. The van der Waals surface area contributed by atoms with Crippen molar-refractivity contribution in [2.24, 2.45) is 0 Å². The molecule has 0 saturated carbocycles. The van der Waals surface area contributed by atoms with Gasteiger partial charge in [0.25, 0.3) is 0 Å². The first-order chi connectivity index (χ1) is 9.23. The molecule has 2 heterocycles. The van der Waals surface area contributed by atoms with Crippen LogP contribution in [0.3, 0.4) is 0 Å². The molecule has 2 aromatic rings. The Hall–Kier alpha value is -0.900. The van der Waals surface area contributed by atoms with Crippen molar-refractivity contribution in [3.05, 3.63) is 35.2 Å². The van der Waals surface area contributed by atoms with Crippen LogP contribution in [0.5, 0.6) is 0 Å². The van der Waals surface area contributed by atoms with Gasteiger partial charge in [0.15, 0.2) is 0 Å². The minimum absolute atomic E-state index is 0.293. The number of rotatable bonds is 3. The third kappa shape index (κ3) is 2.42. The molecule has 0 aliphatic carbocycles. The number of piperazine rings is 1. The number of fused-ring (bicyclic) bond motifs is 1. The van der Waals surface area contributed by atoms with Gasteiger partial charge in [-0.25, -0.2) is 0 Å². The standard InChI is InChI=1S/C16H22N2S/c1-3-16(2)12-17-8-9-18(16)10-13-11-19-15-7-5-4-6-14(13)15/h4-7,11,17H,3,8-10,12H2,1-2H3. The van der Waals surface area contributed by atoms with E-state index in [2.05, 4.69) is 53.7 Å². The van der Waals surface area contributed by atoms with Gasteiger partial charge in [-0.2, -0.15) is 0 Å². The molecule has 0 bridgehead atoms. The number of benzene rings is 1. The van der Waals surface area contributed by atoms with Gasteiger partial charge in [0.1, 0.15) is 0 Å². The Kier molecular flexibility index (Phi) is 3.61. The number of nitrogens with zero attached hydrogens (tertiary/aromatic N) is 1. The van der Waals surface area contributed by atoms with Crippen molar-refractivity contribution in [1.29, 1.82) is 0 Å². The Morgan fingerprint density at radius 2 is 2.21 bits per heavy atom. The van der Waals surface area contributed by atoms with Crippen molar-refractivity contribution in [3.8, 4) is 0 Å². The molecule has 1 aromatic heterocycles. The van der Waals surface area contributed by atoms with Gasteiger partial charge in [0.2, 0.25) is 0 Å². The molecule has 1 unspecified atom stereocenters. The van der Waals surface area contributed by atoms with E-state index in [4.69, 9.17) is 0 Å². The van der Waals surface area contributed by atoms with Crippen LogP contribution < -0.4 is 5.32 Å². The molecule has 1 N–H and O–H groups in total. The number of nitrogens with one attached hydrogen (secondary N) is 1. The second-order valence-electron chi connectivity index (χ2n) is 5.71. The van der Waals surface area contributed by atoms with Crippen molar-refractivity contribution in [2.45, 2.75) is 32.4 Å². The van der Waals surface area contributed by atoms with Gasteiger partial charge < -0.3 is 5.32 Å². The van der Waals surface area contributed by atoms with Crippen LogP contribution in [0.1, 0.15) is 25.8 Å². The summed E-state index contributed by atoms with van der Waals surface area (Å²) in [5.74, 6) is 0. The van der Waals surface area contributed by atoms with Crippen LogP contribution >= 0.6 is 11.3 Å². The van der Waals surface area contributed by atoms with Gasteiger partial charge in [-0.1, -0.05) is 25.1 Å². The second-order valence-corrected chi connectivity index (χ2v) is 6.62. The third-order valence-corrected chi connectivity index (χ3v) is 5.52. The molecule has 3 rings (SSSR count). The van der Waals surface area contributed by atoms with Crippen molar-refractivity contribution in [2.75, 3.05) is 19.6 Å². The maximum Gasteiger partial charge on any atom is 0.0346 e. The lowest BCUT2D eigenvalue weighted by atomic mass is 9.93. The average molecular weight is 274 g/mol. The van der Waals surface area contributed by atoms with Gasteiger partial charge in [0, 0.05) is 36.4 Å². The topological polar surface area (TPSA) is 15.3 Å². The van der Waals surface area contributed by atoms with Crippen LogP contribution in [0.2, 0.25) is 0 Å². The lowest BCUT2D eigenvalue weighted by Crippen LogP contribution is -2.58. The lowest BCUT2D eigenvalue weighted by molar-refractivity contribution is 0.0643. The van der Waals surface area contributed by atoms with Crippen LogP contribution in [-0.4, -0.2) is 30.1 Å². The fraction of sp³-hybridized carbons (Fsp3) is 0.500. The van der Waals surface area contributed by atoms with E-state index >= 15 is 0 Å². The Morgan fingerprint density at radius 3 is 3.05 bits per heavy atom. The van der Waals surface area contributed by atoms with E-state index in [0.29, 0.717) is 5.54 Å². The molecule has 0 amide bonds. The number of hydrogen-bond acceptors (Lipinski definition) is 3. The van der Waals surface area contributed by atoms with Crippen LogP contribution in [0.15, 0.2) is 29.6 Å². The molecule has 1 aliphatic rings. The Balaban J connectivity index is 1.87. The highest BCUT2D eigenvalue weighted by atomic mass is 32.1. The molecule has 2 nitrogen and oxygen atoms in total. The summed E-state index contributed by atoms with van der Waals surface area (Å²) in [4.78, 5) is 2.65. The van der Waals surface area contributed by atoms with E-state index < -0.39 is 0 Å². The van der Waals surface area contributed by atoms with Gasteiger partial charge in [-0.05, 0) is 35.7 Å². The van der Waals surface area contributed by atoms with Crippen molar-refractivity contribution < 1.29 is 0 Å². The van der Waals surface area contributed by atoms with E-state index in [1.807, 2.05) is 11.3 Å². The summed E-state index contributed by atoms with van der Waals surface area (Å²) >= 11 is 1.87. The SMILES string of the molecule is CCC1(C)CNCCN1Cc1csc2ccccc12. The Bertz CT molecular complexity index is 563. The zero-order valence-corrected chi connectivity index (χ0v) is 12.6. The third-order valence-electron chi connectivity index (χ3n) is 4.51. The summed E-state index contributed by atoms with van der Waals surface area (Å²) in [6.45, 7) is 9.12.